The second-order valence-electron chi connectivity index (χ2n) is 9.00. The topological polar surface area (TPSA) is 88.2 Å². The van der Waals surface area contributed by atoms with Crippen LogP contribution in [0.15, 0.2) is 35.9 Å². The van der Waals surface area contributed by atoms with Crippen molar-refractivity contribution in [2.45, 2.75) is 26.7 Å². The molecule has 0 spiro atoms. The first-order valence-electron chi connectivity index (χ1n) is 11.8. The summed E-state index contributed by atoms with van der Waals surface area (Å²) in [4.78, 5) is 11.3. The van der Waals surface area contributed by atoms with Crippen LogP contribution in [0.2, 0.25) is 0 Å². The zero-order valence-electron chi connectivity index (χ0n) is 20.1. The fraction of sp³-hybridized carbons (Fsp3) is 0.346. The summed E-state index contributed by atoms with van der Waals surface area (Å²) < 4.78 is 26.5. The summed E-state index contributed by atoms with van der Waals surface area (Å²) in [5.74, 6) is 1.96. The predicted molar refractivity (Wildman–Crippen MR) is 135 cm³/mol. The van der Waals surface area contributed by atoms with Gasteiger partial charge in [-0.05, 0) is 44.4 Å². The van der Waals surface area contributed by atoms with Gasteiger partial charge in [0.25, 0.3) is 0 Å². The number of methoxy groups -OCH3 is 1. The van der Waals surface area contributed by atoms with Gasteiger partial charge in [0.1, 0.15) is 11.6 Å². The number of benzene rings is 1. The van der Waals surface area contributed by atoms with Crippen LogP contribution in [0.3, 0.4) is 0 Å². The Balaban J connectivity index is 1.45. The van der Waals surface area contributed by atoms with E-state index >= 15 is 4.39 Å². The molecule has 182 valence electrons. The van der Waals surface area contributed by atoms with Crippen molar-refractivity contribution in [3.63, 3.8) is 0 Å². The van der Waals surface area contributed by atoms with Crippen LogP contribution in [0.4, 0.5) is 21.8 Å². The molecule has 2 N–H and O–H groups in total. The van der Waals surface area contributed by atoms with Crippen molar-refractivity contribution in [2.75, 3.05) is 37.0 Å². The number of allylic oxidation sites excluding steroid dienone is 2. The molecule has 5 rings (SSSR count). The van der Waals surface area contributed by atoms with E-state index < -0.39 is 5.82 Å². The first kappa shape index (κ1) is 23.0. The normalized spacial score (nSPS) is 17.2. The Labute approximate surface area is 203 Å². The van der Waals surface area contributed by atoms with Crippen LogP contribution in [0, 0.1) is 11.7 Å². The highest BCUT2D eigenvalue weighted by atomic mass is 19.1. The maximum atomic E-state index is 15.2. The molecule has 35 heavy (non-hydrogen) atoms. The first-order chi connectivity index (χ1) is 17.0. The van der Waals surface area contributed by atoms with E-state index in [4.69, 9.17) is 9.47 Å². The van der Waals surface area contributed by atoms with Crippen molar-refractivity contribution in [3.8, 4) is 11.8 Å². The van der Waals surface area contributed by atoms with E-state index in [-0.39, 0.29) is 11.8 Å². The third-order valence-corrected chi connectivity index (χ3v) is 6.20. The average Bonchev–Trinajstić information content (AvgIpc) is 3.57. The van der Waals surface area contributed by atoms with Crippen LogP contribution in [0.5, 0.6) is 11.8 Å². The maximum Gasteiger partial charge on any atom is 0.326 e. The number of H-pyrrole nitrogens is 1. The van der Waals surface area contributed by atoms with Crippen molar-refractivity contribution in [1.82, 2.24) is 20.2 Å². The molecule has 3 aromatic rings. The van der Waals surface area contributed by atoms with Gasteiger partial charge in [0.2, 0.25) is 0 Å². The second kappa shape index (κ2) is 9.87. The molecular formula is C26H29FN6O2. The van der Waals surface area contributed by atoms with Crippen LogP contribution in [-0.2, 0) is 11.2 Å². The van der Waals surface area contributed by atoms with Gasteiger partial charge in [-0.1, -0.05) is 23.8 Å². The Morgan fingerprint density at radius 1 is 1.26 bits per heavy atom. The molecule has 1 fully saturated rings. The lowest BCUT2D eigenvalue weighted by Gasteiger charge is -2.19. The molecule has 2 aliphatic rings. The molecule has 1 aromatic carbocycles. The number of rotatable bonds is 8. The van der Waals surface area contributed by atoms with Crippen LogP contribution in [0.1, 0.15) is 37.1 Å². The van der Waals surface area contributed by atoms with Crippen molar-refractivity contribution >= 4 is 29.6 Å². The summed E-state index contributed by atoms with van der Waals surface area (Å²) in [6, 6.07) is 7.35. The molecular weight excluding hydrogens is 447 g/mol. The van der Waals surface area contributed by atoms with Crippen molar-refractivity contribution in [2.24, 2.45) is 5.92 Å². The van der Waals surface area contributed by atoms with Gasteiger partial charge < -0.3 is 19.7 Å². The fourth-order valence-electron chi connectivity index (χ4n) is 4.59. The lowest BCUT2D eigenvalue weighted by atomic mass is 10.1. The number of nitrogens with zero attached hydrogens (tertiary/aromatic N) is 4. The monoisotopic (exact) mass is 476 g/mol. The molecule has 8 nitrogen and oxygen atoms in total. The Hall–Kier alpha value is -3.72. The van der Waals surface area contributed by atoms with Gasteiger partial charge in [-0.2, -0.15) is 15.1 Å². The highest BCUT2D eigenvalue weighted by Gasteiger charge is 2.25. The zero-order chi connectivity index (χ0) is 24.4. The molecule has 1 saturated heterocycles. The number of hydrogen-bond acceptors (Lipinski definition) is 7. The Kier molecular flexibility index (Phi) is 6.50. The molecule has 2 aromatic heterocycles. The third-order valence-electron chi connectivity index (χ3n) is 6.20. The van der Waals surface area contributed by atoms with Crippen LogP contribution in [0.25, 0.3) is 12.2 Å². The average molecular weight is 477 g/mol. The Morgan fingerprint density at radius 3 is 2.97 bits per heavy atom. The molecule has 0 saturated carbocycles. The van der Waals surface area contributed by atoms with Gasteiger partial charge in [0.05, 0.1) is 12.3 Å². The standard InChI is InChI=1S/C26H29FN6O2/c1-4-5-19-12-23(32-31-19)28-22-13-24(33-9-8-17(14-33)15-34-3)30-26(29-22)35-21-7-6-18-10-16(2)11-20(18)25(21)27/h4-7,11-13,17H,8-10,14-15H2,1-3H3,(H2,28,29,30,31,32)/b5-4+. The van der Waals surface area contributed by atoms with Crippen molar-refractivity contribution in [1.29, 1.82) is 0 Å². The van der Waals surface area contributed by atoms with Gasteiger partial charge in [-0.15, -0.1) is 0 Å². The SMILES string of the molecule is C/C=C/c1cc(Nc2cc(N3CCC(COC)C3)nc(Oc3ccc4c(c3F)C=C(C)C4)n2)n[nH]1. The highest BCUT2D eigenvalue weighted by molar-refractivity contribution is 5.66. The smallest absolute Gasteiger partial charge is 0.326 e. The van der Waals surface area contributed by atoms with Gasteiger partial charge in [0.15, 0.2) is 17.4 Å². The van der Waals surface area contributed by atoms with E-state index in [1.54, 1.807) is 13.2 Å². The second-order valence-corrected chi connectivity index (χ2v) is 9.00. The molecule has 0 amide bonds. The third kappa shape index (κ3) is 5.05. The summed E-state index contributed by atoms with van der Waals surface area (Å²) >= 11 is 0. The molecule has 1 unspecified atom stereocenters. The van der Waals surface area contributed by atoms with E-state index in [0.29, 0.717) is 35.5 Å². The summed E-state index contributed by atoms with van der Waals surface area (Å²) in [6.45, 7) is 6.29. The minimum Gasteiger partial charge on any atom is -0.421 e. The predicted octanol–water partition coefficient (Wildman–Crippen LogP) is 5.34. The van der Waals surface area contributed by atoms with Crippen LogP contribution in [-0.4, -0.2) is 47.0 Å². The van der Waals surface area contributed by atoms with Crippen molar-refractivity contribution in [3.05, 3.63) is 58.6 Å². The van der Waals surface area contributed by atoms with Crippen LogP contribution >= 0.6 is 0 Å². The molecule has 9 heteroatoms. The molecule has 3 heterocycles. The fourth-order valence-corrected chi connectivity index (χ4v) is 4.59. The number of nitrogens with one attached hydrogen (secondary N) is 2. The van der Waals surface area contributed by atoms with Crippen LogP contribution < -0.4 is 15.0 Å². The van der Waals surface area contributed by atoms with Crippen molar-refractivity contribution < 1.29 is 13.9 Å². The summed E-state index contributed by atoms with van der Waals surface area (Å²) in [6.07, 6.45) is 7.47. The largest absolute Gasteiger partial charge is 0.421 e. The minimum absolute atomic E-state index is 0.0713. The van der Waals surface area contributed by atoms with Gasteiger partial charge in [0, 0.05) is 43.8 Å². The molecule has 1 aliphatic heterocycles. The molecule has 1 aliphatic carbocycles. The number of aromatic amines is 1. The zero-order valence-corrected chi connectivity index (χ0v) is 20.1. The molecule has 0 radical (unpaired) electrons. The van der Waals surface area contributed by atoms with E-state index in [0.717, 1.165) is 42.8 Å². The van der Waals surface area contributed by atoms with Gasteiger partial charge in [-0.25, -0.2) is 4.39 Å². The summed E-state index contributed by atoms with van der Waals surface area (Å²) in [7, 11) is 1.72. The number of ether oxygens (including phenoxy) is 2. The first-order valence-corrected chi connectivity index (χ1v) is 11.8. The number of fused-ring (bicyclic) bond motifs is 1. The van der Waals surface area contributed by atoms with E-state index in [2.05, 4.69) is 30.4 Å². The van der Waals surface area contributed by atoms with E-state index in [1.165, 1.54) is 0 Å². The maximum absolute atomic E-state index is 15.2. The van der Waals surface area contributed by atoms with Gasteiger partial charge >= 0.3 is 6.01 Å². The minimum atomic E-state index is -0.396. The number of hydrogen-bond donors (Lipinski definition) is 2. The number of aromatic nitrogens is 4. The Bertz CT molecular complexity index is 1280. The number of anilines is 3. The summed E-state index contributed by atoms with van der Waals surface area (Å²) in [5.41, 5.74) is 3.52. The molecule has 0 bridgehead atoms. The number of halogens is 1. The van der Waals surface area contributed by atoms with E-state index in [9.17, 15) is 0 Å². The summed E-state index contributed by atoms with van der Waals surface area (Å²) in [5, 5.41) is 10.4. The van der Waals surface area contributed by atoms with E-state index in [1.807, 2.05) is 50.3 Å². The highest BCUT2D eigenvalue weighted by Crippen LogP contribution is 2.35. The Morgan fingerprint density at radius 2 is 2.14 bits per heavy atom. The van der Waals surface area contributed by atoms with Gasteiger partial charge in [-0.3, -0.25) is 5.10 Å². The lowest BCUT2D eigenvalue weighted by Crippen LogP contribution is -2.22. The lowest BCUT2D eigenvalue weighted by molar-refractivity contribution is 0.161. The molecule has 1 atom stereocenters. The quantitative estimate of drug-likeness (QED) is 0.454.